The van der Waals surface area contributed by atoms with E-state index in [9.17, 15) is 18.0 Å². The van der Waals surface area contributed by atoms with Crippen molar-refractivity contribution in [3.8, 4) is 0 Å². The molecule has 0 radical (unpaired) electrons. The standard InChI is InChI=1S/C12H13F3N2O/c13-12(14,15)10-3-5-17(6-4-10)11-2-1-9(8-18)7-16-11/h1-2,7-8,10H,3-6H2. The number of carbonyl (C=O) groups is 1. The van der Waals surface area contributed by atoms with Crippen LogP contribution in [0.25, 0.3) is 0 Å². The molecular formula is C12H13F3N2O. The molecule has 0 aromatic carbocycles. The first kappa shape index (κ1) is 12.9. The third-order valence-corrected chi connectivity index (χ3v) is 3.19. The van der Waals surface area contributed by atoms with Crippen LogP contribution in [0.1, 0.15) is 23.2 Å². The van der Waals surface area contributed by atoms with Gasteiger partial charge in [-0.15, -0.1) is 0 Å². The second-order valence-corrected chi connectivity index (χ2v) is 4.37. The Morgan fingerprint density at radius 3 is 2.39 bits per heavy atom. The summed E-state index contributed by atoms with van der Waals surface area (Å²) in [4.78, 5) is 16.4. The van der Waals surface area contributed by atoms with Gasteiger partial charge in [-0.25, -0.2) is 4.98 Å². The number of aromatic nitrogens is 1. The van der Waals surface area contributed by atoms with E-state index in [0.29, 0.717) is 30.8 Å². The van der Waals surface area contributed by atoms with Crippen LogP contribution in [0.4, 0.5) is 19.0 Å². The van der Waals surface area contributed by atoms with E-state index < -0.39 is 12.1 Å². The van der Waals surface area contributed by atoms with Crippen molar-refractivity contribution >= 4 is 12.1 Å². The van der Waals surface area contributed by atoms with Crippen molar-refractivity contribution in [1.29, 1.82) is 0 Å². The summed E-state index contributed by atoms with van der Waals surface area (Å²) in [6.45, 7) is 0.690. The lowest BCUT2D eigenvalue weighted by molar-refractivity contribution is -0.179. The number of nitrogens with zero attached hydrogens (tertiary/aromatic N) is 2. The average Bonchev–Trinajstić information content (AvgIpc) is 2.38. The van der Waals surface area contributed by atoms with Crippen molar-refractivity contribution in [1.82, 2.24) is 4.98 Å². The van der Waals surface area contributed by atoms with E-state index in [0.717, 1.165) is 0 Å². The van der Waals surface area contributed by atoms with Crippen LogP contribution in [-0.4, -0.2) is 30.5 Å². The van der Waals surface area contributed by atoms with Gasteiger partial charge in [0.25, 0.3) is 0 Å². The Bertz CT molecular complexity index is 408. The van der Waals surface area contributed by atoms with Gasteiger partial charge < -0.3 is 4.90 Å². The predicted octanol–water partition coefficient (Wildman–Crippen LogP) is 2.67. The minimum absolute atomic E-state index is 0.0978. The lowest BCUT2D eigenvalue weighted by Gasteiger charge is -2.33. The molecule has 1 aliphatic heterocycles. The largest absolute Gasteiger partial charge is 0.391 e. The maximum Gasteiger partial charge on any atom is 0.391 e. The van der Waals surface area contributed by atoms with Gasteiger partial charge in [0, 0.05) is 24.8 Å². The summed E-state index contributed by atoms with van der Waals surface area (Å²) in [6.07, 6.45) is -1.78. The molecule has 1 aromatic heterocycles. The van der Waals surface area contributed by atoms with Crippen molar-refractivity contribution in [2.24, 2.45) is 5.92 Å². The molecule has 6 heteroatoms. The van der Waals surface area contributed by atoms with Gasteiger partial charge in [0.05, 0.1) is 5.92 Å². The summed E-state index contributed by atoms with van der Waals surface area (Å²) in [5, 5.41) is 0. The van der Waals surface area contributed by atoms with Gasteiger partial charge in [0.15, 0.2) is 6.29 Å². The predicted molar refractivity (Wildman–Crippen MR) is 60.6 cm³/mol. The van der Waals surface area contributed by atoms with Crippen LogP contribution >= 0.6 is 0 Å². The highest BCUT2D eigenvalue weighted by molar-refractivity contribution is 5.74. The molecule has 98 valence electrons. The van der Waals surface area contributed by atoms with Gasteiger partial charge in [-0.05, 0) is 25.0 Å². The third-order valence-electron chi connectivity index (χ3n) is 3.19. The van der Waals surface area contributed by atoms with Crippen molar-refractivity contribution in [3.63, 3.8) is 0 Å². The Kier molecular flexibility index (Phi) is 3.54. The molecule has 2 rings (SSSR count). The minimum Gasteiger partial charge on any atom is -0.357 e. The van der Waals surface area contributed by atoms with Gasteiger partial charge in [-0.2, -0.15) is 13.2 Å². The zero-order valence-corrected chi connectivity index (χ0v) is 9.65. The zero-order chi connectivity index (χ0) is 13.2. The Balaban J connectivity index is 1.98. The Hall–Kier alpha value is -1.59. The lowest BCUT2D eigenvalue weighted by atomic mass is 9.96. The number of carbonyl (C=O) groups excluding carboxylic acids is 1. The molecule has 0 aliphatic carbocycles. The normalized spacial score (nSPS) is 17.8. The van der Waals surface area contributed by atoms with Gasteiger partial charge in [-0.3, -0.25) is 4.79 Å². The number of pyridine rings is 1. The van der Waals surface area contributed by atoms with Crippen LogP contribution < -0.4 is 4.90 Å². The highest BCUT2D eigenvalue weighted by Gasteiger charge is 2.41. The lowest BCUT2D eigenvalue weighted by Crippen LogP contribution is -2.39. The van der Waals surface area contributed by atoms with Crippen LogP contribution in [0.15, 0.2) is 18.3 Å². The number of hydrogen-bond donors (Lipinski definition) is 0. The second kappa shape index (κ2) is 4.96. The molecule has 0 bridgehead atoms. The summed E-state index contributed by atoms with van der Waals surface area (Å²) in [7, 11) is 0. The van der Waals surface area contributed by atoms with E-state index in [-0.39, 0.29) is 12.8 Å². The molecule has 0 amide bonds. The number of rotatable bonds is 2. The highest BCUT2D eigenvalue weighted by Crippen LogP contribution is 2.34. The summed E-state index contributed by atoms with van der Waals surface area (Å²) >= 11 is 0. The van der Waals surface area contributed by atoms with Crippen molar-refractivity contribution in [2.75, 3.05) is 18.0 Å². The van der Waals surface area contributed by atoms with E-state index in [1.807, 2.05) is 4.90 Å². The van der Waals surface area contributed by atoms with Crippen molar-refractivity contribution in [3.05, 3.63) is 23.9 Å². The van der Waals surface area contributed by atoms with Gasteiger partial charge in [0.2, 0.25) is 0 Å². The first-order valence-electron chi connectivity index (χ1n) is 5.73. The molecular weight excluding hydrogens is 245 g/mol. The van der Waals surface area contributed by atoms with E-state index in [2.05, 4.69) is 4.98 Å². The van der Waals surface area contributed by atoms with Gasteiger partial charge in [0.1, 0.15) is 5.82 Å². The average molecular weight is 258 g/mol. The first-order chi connectivity index (χ1) is 8.50. The highest BCUT2D eigenvalue weighted by atomic mass is 19.4. The molecule has 0 saturated carbocycles. The molecule has 18 heavy (non-hydrogen) atoms. The first-order valence-corrected chi connectivity index (χ1v) is 5.73. The number of halogens is 3. The second-order valence-electron chi connectivity index (χ2n) is 4.37. The number of aldehydes is 1. The Morgan fingerprint density at radius 2 is 1.94 bits per heavy atom. The maximum absolute atomic E-state index is 12.5. The number of anilines is 1. The summed E-state index contributed by atoms with van der Waals surface area (Å²) < 4.78 is 37.5. The van der Waals surface area contributed by atoms with Crippen LogP contribution in [-0.2, 0) is 0 Å². The molecule has 0 atom stereocenters. The summed E-state index contributed by atoms with van der Waals surface area (Å²) in [5.41, 5.74) is 0.462. The van der Waals surface area contributed by atoms with E-state index in [1.165, 1.54) is 6.20 Å². The van der Waals surface area contributed by atoms with Crippen LogP contribution in [0, 0.1) is 5.92 Å². The molecule has 2 heterocycles. The van der Waals surface area contributed by atoms with E-state index >= 15 is 0 Å². The van der Waals surface area contributed by atoms with Crippen LogP contribution in [0.3, 0.4) is 0 Å². The summed E-state index contributed by atoms with van der Waals surface area (Å²) in [6, 6.07) is 3.28. The molecule has 1 aliphatic rings. The van der Waals surface area contributed by atoms with Crippen molar-refractivity contribution < 1.29 is 18.0 Å². The Morgan fingerprint density at radius 1 is 1.28 bits per heavy atom. The quantitative estimate of drug-likeness (QED) is 0.765. The van der Waals surface area contributed by atoms with Crippen LogP contribution in [0.2, 0.25) is 0 Å². The Labute approximate surface area is 103 Å². The third kappa shape index (κ3) is 2.80. The van der Waals surface area contributed by atoms with Gasteiger partial charge >= 0.3 is 6.18 Å². The molecule has 1 saturated heterocycles. The molecule has 1 fully saturated rings. The monoisotopic (exact) mass is 258 g/mol. The van der Waals surface area contributed by atoms with Crippen molar-refractivity contribution in [2.45, 2.75) is 19.0 Å². The summed E-state index contributed by atoms with van der Waals surface area (Å²) in [5.74, 6) is -0.579. The fourth-order valence-electron chi connectivity index (χ4n) is 2.09. The fourth-order valence-corrected chi connectivity index (χ4v) is 2.09. The van der Waals surface area contributed by atoms with E-state index in [4.69, 9.17) is 0 Å². The van der Waals surface area contributed by atoms with E-state index in [1.54, 1.807) is 12.1 Å². The number of piperidine rings is 1. The number of hydrogen-bond acceptors (Lipinski definition) is 3. The van der Waals surface area contributed by atoms with Crippen LogP contribution in [0.5, 0.6) is 0 Å². The maximum atomic E-state index is 12.5. The topological polar surface area (TPSA) is 33.2 Å². The fraction of sp³-hybridized carbons (Fsp3) is 0.500. The number of alkyl halides is 3. The zero-order valence-electron chi connectivity index (χ0n) is 9.65. The molecule has 0 unspecified atom stereocenters. The minimum atomic E-state index is -4.10. The van der Waals surface area contributed by atoms with Gasteiger partial charge in [-0.1, -0.05) is 0 Å². The molecule has 0 N–H and O–H groups in total. The smallest absolute Gasteiger partial charge is 0.357 e. The molecule has 0 spiro atoms. The molecule has 3 nitrogen and oxygen atoms in total. The molecule has 1 aromatic rings. The SMILES string of the molecule is O=Cc1ccc(N2CCC(C(F)(F)F)CC2)nc1.